The van der Waals surface area contributed by atoms with E-state index < -0.39 is 5.56 Å². The maximum atomic E-state index is 13.4. The molecule has 164 valence electrons. The molecule has 0 radical (unpaired) electrons. The number of benzene rings is 2. The highest BCUT2D eigenvalue weighted by Gasteiger charge is 2.20. The third kappa shape index (κ3) is 3.95. The summed E-state index contributed by atoms with van der Waals surface area (Å²) in [6, 6.07) is 13.6. The van der Waals surface area contributed by atoms with E-state index in [0.29, 0.717) is 22.3 Å². The summed E-state index contributed by atoms with van der Waals surface area (Å²) in [6.45, 7) is -0.457. The summed E-state index contributed by atoms with van der Waals surface area (Å²) >= 11 is 12.7. The lowest BCUT2D eigenvalue weighted by Gasteiger charge is -2.15. The summed E-state index contributed by atoms with van der Waals surface area (Å²) in [7, 11) is 1.55. The minimum atomic E-state index is -0.560. The third-order valence-electron chi connectivity index (χ3n) is 4.72. The smallest absolute Gasteiger partial charge is 0.293 e. The minimum absolute atomic E-state index is 0.124. The Balaban J connectivity index is 2.02. The number of anilines is 1. The first-order chi connectivity index (χ1) is 15.4. The largest absolute Gasteiger partial charge is 0.497 e. The number of nitrogen functional groups attached to an aromatic ring is 1. The number of rotatable bonds is 6. The number of hydrogen-bond donors (Lipinski definition) is 2. The van der Waals surface area contributed by atoms with E-state index in [-0.39, 0.29) is 46.1 Å². The molecule has 0 saturated carbocycles. The van der Waals surface area contributed by atoms with Gasteiger partial charge in [-0.25, -0.2) is 9.97 Å². The molecule has 0 atom stereocenters. The number of aliphatic hydroxyl groups excluding tert-OH is 1. The number of halogens is 2. The molecule has 2 aromatic carbocycles. The van der Waals surface area contributed by atoms with Crippen LogP contribution in [0.3, 0.4) is 0 Å². The molecule has 3 N–H and O–H groups in total. The monoisotopic (exact) mass is 472 g/mol. The molecule has 0 spiro atoms. The lowest BCUT2D eigenvalue weighted by atomic mass is 10.1. The highest BCUT2D eigenvalue weighted by Crippen LogP contribution is 2.35. The zero-order valence-electron chi connectivity index (χ0n) is 16.9. The lowest BCUT2D eigenvalue weighted by Crippen LogP contribution is -2.31. The SMILES string of the molecule is COc1cccc(-c2nc(N)c3cc(-c4c(Cl)cccc4Cl)c(=O)n(OCCO)c3n2)c1. The Labute approximate surface area is 192 Å². The van der Waals surface area contributed by atoms with Gasteiger partial charge in [0.15, 0.2) is 11.5 Å². The summed E-state index contributed by atoms with van der Waals surface area (Å²) in [5, 5.41) is 10.2. The Kier molecular flexibility index (Phi) is 6.18. The van der Waals surface area contributed by atoms with Crippen molar-refractivity contribution in [1.29, 1.82) is 0 Å². The van der Waals surface area contributed by atoms with Gasteiger partial charge in [-0.05, 0) is 30.3 Å². The average molecular weight is 473 g/mol. The topological polar surface area (TPSA) is 112 Å². The molecule has 0 saturated heterocycles. The van der Waals surface area contributed by atoms with Crippen LogP contribution in [0, 0.1) is 0 Å². The van der Waals surface area contributed by atoms with Crippen LogP contribution < -0.4 is 20.9 Å². The van der Waals surface area contributed by atoms with E-state index in [4.69, 9.17) is 38.5 Å². The first-order valence-corrected chi connectivity index (χ1v) is 10.3. The first-order valence-electron chi connectivity index (χ1n) is 9.50. The number of methoxy groups -OCH3 is 1. The predicted octanol–water partition coefficient (Wildman–Crippen LogP) is 3.44. The quantitative estimate of drug-likeness (QED) is 0.441. The van der Waals surface area contributed by atoms with E-state index in [1.54, 1.807) is 49.6 Å². The lowest BCUT2D eigenvalue weighted by molar-refractivity contribution is 0.0764. The van der Waals surface area contributed by atoms with Crippen LogP contribution in [0.25, 0.3) is 33.5 Å². The molecular weight excluding hydrogens is 455 g/mol. The van der Waals surface area contributed by atoms with Crippen LogP contribution >= 0.6 is 23.2 Å². The number of nitrogens with two attached hydrogens (primary N) is 1. The van der Waals surface area contributed by atoms with Crippen LogP contribution in [-0.4, -0.2) is 40.1 Å². The Hall–Kier alpha value is -3.33. The predicted molar refractivity (Wildman–Crippen MR) is 124 cm³/mol. The van der Waals surface area contributed by atoms with Gasteiger partial charge in [-0.15, -0.1) is 4.73 Å². The normalized spacial score (nSPS) is 11.0. The van der Waals surface area contributed by atoms with Crippen LogP contribution in [0.5, 0.6) is 5.75 Å². The van der Waals surface area contributed by atoms with E-state index in [1.165, 1.54) is 6.07 Å². The van der Waals surface area contributed by atoms with Gasteiger partial charge in [-0.2, -0.15) is 0 Å². The van der Waals surface area contributed by atoms with Crippen molar-refractivity contribution in [3.05, 3.63) is 68.9 Å². The third-order valence-corrected chi connectivity index (χ3v) is 5.35. The summed E-state index contributed by atoms with van der Waals surface area (Å²) in [5.74, 6) is 1.01. The molecule has 0 aliphatic rings. The number of pyridine rings is 1. The van der Waals surface area contributed by atoms with Crippen LogP contribution in [-0.2, 0) is 0 Å². The number of ether oxygens (including phenoxy) is 1. The second-order valence-electron chi connectivity index (χ2n) is 6.71. The van der Waals surface area contributed by atoms with Crippen molar-refractivity contribution in [3.8, 4) is 28.3 Å². The highest BCUT2D eigenvalue weighted by molar-refractivity contribution is 6.39. The zero-order chi connectivity index (χ0) is 22.8. The Morgan fingerprint density at radius 3 is 2.50 bits per heavy atom. The molecule has 2 aromatic heterocycles. The second kappa shape index (κ2) is 9.04. The summed E-state index contributed by atoms with van der Waals surface area (Å²) in [4.78, 5) is 27.8. The molecule has 0 aliphatic carbocycles. The van der Waals surface area contributed by atoms with E-state index in [0.717, 1.165) is 4.73 Å². The van der Waals surface area contributed by atoms with Crippen molar-refractivity contribution >= 4 is 40.1 Å². The van der Waals surface area contributed by atoms with Gasteiger partial charge in [0.2, 0.25) is 0 Å². The van der Waals surface area contributed by atoms with Gasteiger partial charge in [-0.1, -0.05) is 41.4 Å². The summed E-state index contributed by atoms with van der Waals surface area (Å²) in [6.07, 6.45) is 0. The molecule has 32 heavy (non-hydrogen) atoms. The molecule has 8 nitrogen and oxygen atoms in total. The van der Waals surface area contributed by atoms with Crippen molar-refractivity contribution in [2.24, 2.45) is 0 Å². The fraction of sp³-hybridized carbons (Fsp3) is 0.136. The number of aliphatic hydroxyl groups is 1. The van der Waals surface area contributed by atoms with Gasteiger partial charge in [0, 0.05) is 11.1 Å². The molecule has 0 aliphatic heterocycles. The van der Waals surface area contributed by atoms with Crippen molar-refractivity contribution in [2.45, 2.75) is 0 Å². The van der Waals surface area contributed by atoms with Crippen LogP contribution in [0.15, 0.2) is 53.3 Å². The van der Waals surface area contributed by atoms with Gasteiger partial charge in [-0.3, -0.25) is 4.79 Å². The molecule has 2 heterocycles. The first kappa shape index (κ1) is 21.9. The van der Waals surface area contributed by atoms with Crippen LogP contribution in [0.2, 0.25) is 10.0 Å². The van der Waals surface area contributed by atoms with Crippen molar-refractivity contribution in [1.82, 2.24) is 14.7 Å². The van der Waals surface area contributed by atoms with Crippen molar-refractivity contribution in [3.63, 3.8) is 0 Å². The Morgan fingerprint density at radius 2 is 1.81 bits per heavy atom. The molecule has 0 bridgehead atoms. The maximum absolute atomic E-state index is 13.4. The summed E-state index contributed by atoms with van der Waals surface area (Å²) < 4.78 is 6.23. The Bertz CT molecular complexity index is 1350. The molecular formula is C22H18Cl2N4O4. The van der Waals surface area contributed by atoms with Crippen molar-refractivity contribution < 1.29 is 14.7 Å². The Morgan fingerprint density at radius 1 is 1.09 bits per heavy atom. The van der Waals surface area contributed by atoms with Gasteiger partial charge in [0.25, 0.3) is 5.56 Å². The molecule has 0 fully saturated rings. The van der Waals surface area contributed by atoms with Gasteiger partial charge < -0.3 is 20.4 Å². The molecule has 4 rings (SSSR count). The van der Waals surface area contributed by atoms with E-state index >= 15 is 0 Å². The number of fused-ring (bicyclic) bond motifs is 1. The summed E-state index contributed by atoms with van der Waals surface area (Å²) in [5.41, 5.74) is 6.98. The van der Waals surface area contributed by atoms with E-state index in [1.807, 2.05) is 0 Å². The van der Waals surface area contributed by atoms with Gasteiger partial charge in [0.05, 0.1) is 34.7 Å². The fourth-order valence-corrected chi connectivity index (χ4v) is 3.86. The second-order valence-corrected chi connectivity index (χ2v) is 7.53. The number of hydrogen-bond acceptors (Lipinski definition) is 7. The van der Waals surface area contributed by atoms with Crippen molar-refractivity contribution in [2.75, 3.05) is 26.1 Å². The number of nitrogens with zero attached hydrogens (tertiary/aromatic N) is 3. The highest BCUT2D eigenvalue weighted by atomic mass is 35.5. The average Bonchev–Trinajstić information content (AvgIpc) is 2.79. The van der Waals surface area contributed by atoms with Crippen LogP contribution in [0.1, 0.15) is 0 Å². The van der Waals surface area contributed by atoms with Gasteiger partial charge in [0.1, 0.15) is 18.2 Å². The molecule has 10 heteroatoms. The zero-order valence-corrected chi connectivity index (χ0v) is 18.4. The van der Waals surface area contributed by atoms with E-state index in [9.17, 15) is 9.90 Å². The minimum Gasteiger partial charge on any atom is -0.497 e. The van der Waals surface area contributed by atoms with E-state index in [2.05, 4.69) is 9.97 Å². The fourth-order valence-electron chi connectivity index (χ4n) is 3.26. The molecule has 0 amide bonds. The molecule has 0 unspecified atom stereocenters. The van der Waals surface area contributed by atoms with Gasteiger partial charge >= 0.3 is 0 Å². The van der Waals surface area contributed by atoms with Crippen LogP contribution in [0.4, 0.5) is 5.82 Å². The molecule has 4 aromatic rings. The maximum Gasteiger partial charge on any atom is 0.293 e. The standard InChI is InChI=1S/C22H18Cl2N4O4/c1-31-13-5-2-4-12(10-13)20-26-19(25)15-11-14(18-16(23)6-3-7-17(18)24)22(30)28(21(15)27-20)32-9-8-29/h2-7,10-11,29H,8-9H2,1H3,(H2,25,26,27). The number of aromatic nitrogens is 3.